The fourth-order valence-electron chi connectivity index (χ4n) is 2.39. The lowest BCUT2D eigenvalue weighted by Gasteiger charge is -2.34. The third-order valence-electron chi connectivity index (χ3n) is 3.61. The Morgan fingerprint density at radius 1 is 1.63 bits per heavy atom. The molecule has 1 saturated heterocycles. The van der Waals surface area contributed by atoms with Crippen molar-refractivity contribution in [1.82, 2.24) is 15.6 Å². The van der Waals surface area contributed by atoms with Crippen molar-refractivity contribution in [2.75, 3.05) is 26.7 Å². The van der Waals surface area contributed by atoms with E-state index in [9.17, 15) is 4.79 Å². The van der Waals surface area contributed by atoms with Crippen molar-refractivity contribution in [3.8, 4) is 5.75 Å². The maximum atomic E-state index is 12.2. The van der Waals surface area contributed by atoms with Crippen LogP contribution in [-0.2, 0) is 0 Å². The molecule has 104 valence electrons. The number of nitrogens with one attached hydrogen (secondary N) is 2. The molecule has 1 aliphatic heterocycles. The Bertz CT molecular complexity index is 442. The summed E-state index contributed by atoms with van der Waals surface area (Å²) in [6, 6.07) is 1.68. The van der Waals surface area contributed by atoms with Gasteiger partial charge in [-0.2, -0.15) is 0 Å². The van der Waals surface area contributed by atoms with Gasteiger partial charge in [0.2, 0.25) is 0 Å². The second-order valence-corrected chi connectivity index (χ2v) is 5.35. The molecule has 2 N–H and O–H groups in total. The maximum absolute atomic E-state index is 12.2. The van der Waals surface area contributed by atoms with Gasteiger partial charge in [-0.25, -0.2) is 0 Å². The van der Waals surface area contributed by atoms with Crippen molar-refractivity contribution in [1.29, 1.82) is 0 Å². The minimum atomic E-state index is -0.106. The first kappa shape index (κ1) is 13.8. The molecular formula is C14H21N3O2. The summed E-state index contributed by atoms with van der Waals surface area (Å²) < 4.78 is 5.15. The van der Waals surface area contributed by atoms with Crippen LogP contribution in [-0.4, -0.2) is 37.6 Å². The number of amides is 1. The lowest BCUT2D eigenvalue weighted by molar-refractivity contribution is 0.0921. The standard InChI is InChI=1S/C14H21N3O2/c1-14(5-3-6-16-9-14)10-17-13(18)11-4-7-15-8-12(11)19-2/h4,7-8,16H,3,5-6,9-10H2,1-2H3,(H,17,18). The van der Waals surface area contributed by atoms with Gasteiger partial charge in [0.15, 0.2) is 0 Å². The predicted octanol–water partition coefficient (Wildman–Crippen LogP) is 1.21. The van der Waals surface area contributed by atoms with E-state index in [0.29, 0.717) is 17.9 Å². The van der Waals surface area contributed by atoms with Crippen molar-refractivity contribution in [2.24, 2.45) is 5.41 Å². The number of pyridine rings is 1. The number of ether oxygens (including phenoxy) is 1. The normalized spacial score (nSPS) is 22.8. The molecule has 0 aromatic carbocycles. The molecule has 0 bridgehead atoms. The number of rotatable bonds is 4. The van der Waals surface area contributed by atoms with Crippen LogP contribution in [0.2, 0.25) is 0 Å². The molecule has 1 atom stereocenters. The number of carbonyl (C=O) groups excluding carboxylic acids is 1. The topological polar surface area (TPSA) is 63.2 Å². The monoisotopic (exact) mass is 263 g/mol. The van der Waals surface area contributed by atoms with Gasteiger partial charge in [0.25, 0.3) is 5.91 Å². The molecule has 19 heavy (non-hydrogen) atoms. The van der Waals surface area contributed by atoms with Gasteiger partial charge in [-0.3, -0.25) is 9.78 Å². The molecule has 0 radical (unpaired) electrons. The number of nitrogens with zero attached hydrogens (tertiary/aromatic N) is 1. The van der Waals surface area contributed by atoms with Gasteiger partial charge in [0, 0.05) is 19.3 Å². The molecule has 1 fully saturated rings. The van der Waals surface area contributed by atoms with E-state index >= 15 is 0 Å². The van der Waals surface area contributed by atoms with Crippen molar-refractivity contribution in [2.45, 2.75) is 19.8 Å². The summed E-state index contributed by atoms with van der Waals surface area (Å²) in [5.74, 6) is 0.401. The number of carbonyl (C=O) groups is 1. The number of piperidine rings is 1. The largest absolute Gasteiger partial charge is 0.494 e. The van der Waals surface area contributed by atoms with E-state index in [1.807, 2.05) is 0 Å². The molecule has 1 aliphatic rings. The van der Waals surface area contributed by atoms with E-state index in [2.05, 4.69) is 22.5 Å². The fourth-order valence-corrected chi connectivity index (χ4v) is 2.39. The van der Waals surface area contributed by atoms with E-state index in [1.165, 1.54) is 0 Å². The van der Waals surface area contributed by atoms with Crippen LogP contribution in [0.1, 0.15) is 30.1 Å². The van der Waals surface area contributed by atoms with Crippen LogP contribution < -0.4 is 15.4 Å². The Morgan fingerprint density at radius 3 is 3.16 bits per heavy atom. The highest BCUT2D eigenvalue weighted by Gasteiger charge is 2.27. The van der Waals surface area contributed by atoms with Crippen molar-refractivity contribution in [3.63, 3.8) is 0 Å². The number of hydrogen-bond donors (Lipinski definition) is 2. The highest BCUT2D eigenvalue weighted by Crippen LogP contribution is 2.24. The zero-order valence-electron chi connectivity index (χ0n) is 11.5. The lowest BCUT2D eigenvalue weighted by atomic mass is 9.83. The van der Waals surface area contributed by atoms with Gasteiger partial charge in [0.1, 0.15) is 5.75 Å². The smallest absolute Gasteiger partial charge is 0.255 e. The van der Waals surface area contributed by atoms with Gasteiger partial charge in [-0.1, -0.05) is 6.92 Å². The number of methoxy groups -OCH3 is 1. The fraction of sp³-hybridized carbons (Fsp3) is 0.571. The molecule has 1 unspecified atom stereocenters. The Morgan fingerprint density at radius 2 is 2.47 bits per heavy atom. The molecule has 0 saturated carbocycles. The van der Waals surface area contributed by atoms with E-state index < -0.39 is 0 Å². The summed E-state index contributed by atoms with van der Waals surface area (Å²) in [5.41, 5.74) is 0.665. The van der Waals surface area contributed by atoms with Gasteiger partial charge in [-0.15, -0.1) is 0 Å². The summed E-state index contributed by atoms with van der Waals surface area (Å²) in [6.07, 6.45) is 5.44. The molecule has 2 heterocycles. The highest BCUT2D eigenvalue weighted by molar-refractivity contribution is 5.96. The molecule has 1 aromatic rings. The molecule has 5 nitrogen and oxygen atoms in total. The molecular weight excluding hydrogens is 242 g/mol. The second kappa shape index (κ2) is 6.02. The molecule has 2 rings (SSSR count). The van der Waals surface area contributed by atoms with Crippen LogP contribution in [0, 0.1) is 5.41 Å². The first-order valence-electron chi connectivity index (χ1n) is 6.61. The number of hydrogen-bond acceptors (Lipinski definition) is 4. The Kier molecular flexibility index (Phi) is 4.37. The van der Waals surface area contributed by atoms with Gasteiger partial charge in [0.05, 0.1) is 18.9 Å². The zero-order chi connectivity index (χ0) is 13.7. The van der Waals surface area contributed by atoms with Gasteiger partial charge in [-0.05, 0) is 30.9 Å². The van der Waals surface area contributed by atoms with E-state index in [1.54, 1.807) is 25.6 Å². The third-order valence-corrected chi connectivity index (χ3v) is 3.61. The first-order valence-corrected chi connectivity index (χ1v) is 6.61. The van der Waals surface area contributed by atoms with E-state index in [-0.39, 0.29) is 11.3 Å². The van der Waals surface area contributed by atoms with Crippen LogP contribution in [0.3, 0.4) is 0 Å². The van der Waals surface area contributed by atoms with Crippen LogP contribution in [0.15, 0.2) is 18.5 Å². The van der Waals surface area contributed by atoms with Crippen LogP contribution in [0.25, 0.3) is 0 Å². The minimum Gasteiger partial charge on any atom is -0.494 e. The second-order valence-electron chi connectivity index (χ2n) is 5.35. The van der Waals surface area contributed by atoms with E-state index in [0.717, 1.165) is 25.9 Å². The maximum Gasteiger partial charge on any atom is 0.255 e. The van der Waals surface area contributed by atoms with E-state index in [4.69, 9.17) is 4.74 Å². The minimum absolute atomic E-state index is 0.106. The summed E-state index contributed by atoms with van der Waals surface area (Å²) in [5, 5.41) is 6.37. The zero-order valence-corrected chi connectivity index (χ0v) is 11.5. The molecule has 1 amide bonds. The summed E-state index contributed by atoms with van der Waals surface area (Å²) in [4.78, 5) is 16.1. The lowest BCUT2D eigenvalue weighted by Crippen LogP contribution is -2.45. The summed E-state index contributed by atoms with van der Waals surface area (Å²) in [7, 11) is 1.54. The predicted molar refractivity (Wildman–Crippen MR) is 73.3 cm³/mol. The molecule has 0 aliphatic carbocycles. The Labute approximate surface area is 113 Å². The number of aromatic nitrogens is 1. The van der Waals surface area contributed by atoms with Crippen LogP contribution >= 0.6 is 0 Å². The van der Waals surface area contributed by atoms with Crippen LogP contribution in [0.4, 0.5) is 0 Å². The Balaban J connectivity index is 1.97. The molecule has 5 heteroatoms. The van der Waals surface area contributed by atoms with Crippen molar-refractivity contribution >= 4 is 5.91 Å². The third kappa shape index (κ3) is 3.44. The first-order chi connectivity index (χ1) is 9.14. The van der Waals surface area contributed by atoms with Crippen molar-refractivity contribution < 1.29 is 9.53 Å². The average molecular weight is 263 g/mol. The summed E-state index contributed by atoms with van der Waals surface area (Å²) in [6.45, 7) is 4.88. The Hall–Kier alpha value is -1.62. The molecule has 0 spiro atoms. The van der Waals surface area contributed by atoms with Crippen LogP contribution in [0.5, 0.6) is 5.75 Å². The highest BCUT2D eigenvalue weighted by atomic mass is 16.5. The summed E-state index contributed by atoms with van der Waals surface area (Å²) >= 11 is 0. The van der Waals surface area contributed by atoms with Gasteiger partial charge >= 0.3 is 0 Å². The van der Waals surface area contributed by atoms with Crippen molar-refractivity contribution in [3.05, 3.63) is 24.0 Å². The SMILES string of the molecule is COc1cnccc1C(=O)NCC1(C)CCCNC1. The molecule has 1 aromatic heterocycles. The average Bonchev–Trinajstić information content (AvgIpc) is 2.45. The quantitative estimate of drug-likeness (QED) is 0.857. The van der Waals surface area contributed by atoms with Gasteiger partial charge < -0.3 is 15.4 Å².